The quantitative estimate of drug-likeness (QED) is 0.722. The number of hydrogen-bond donors (Lipinski definition) is 1. The predicted molar refractivity (Wildman–Crippen MR) is 111 cm³/mol. The van der Waals surface area contributed by atoms with Crippen LogP contribution in [-0.2, 0) is 22.6 Å². The normalized spacial score (nSPS) is 11.6. The van der Waals surface area contributed by atoms with E-state index in [1.165, 1.54) is 0 Å². The highest BCUT2D eigenvalue weighted by Gasteiger charge is 2.28. The van der Waals surface area contributed by atoms with Gasteiger partial charge in [-0.2, -0.15) is 0 Å². The number of rotatable bonds is 9. The van der Waals surface area contributed by atoms with Crippen molar-refractivity contribution in [3.05, 3.63) is 65.2 Å². The van der Waals surface area contributed by atoms with Crippen molar-refractivity contribution in [1.29, 1.82) is 0 Å². The number of carbonyl (C=O) groups is 2. The molecule has 0 aliphatic heterocycles. The van der Waals surface area contributed by atoms with Crippen LogP contribution in [0.1, 0.15) is 37.0 Å². The fourth-order valence-electron chi connectivity index (χ4n) is 3.25. The van der Waals surface area contributed by atoms with E-state index in [0.717, 1.165) is 22.4 Å². The minimum Gasteiger partial charge on any atom is -0.497 e. The molecule has 5 nitrogen and oxygen atoms in total. The Morgan fingerprint density at radius 3 is 2.50 bits per heavy atom. The zero-order valence-corrected chi connectivity index (χ0v) is 17.2. The lowest BCUT2D eigenvalue weighted by Gasteiger charge is -2.31. The van der Waals surface area contributed by atoms with Crippen LogP contribution in [0.25, 0.3) is 0 Å². The lowest BCUT2D eigenvalue weighted by molar-refractivity contribution is -0.140. The molecule has 0 saturated heterocycles. The van der Waals surface area contributed by atoms with Crippen LogP contribution < -0.4 is 10.1 Å². The van der Waals surface area contributed by atoms with E-state index >= 15 is 0 Å². The molecule has 0 spiro atoms. The molecule has 0 aromatic heterocycles. The van der Waals surface area contributed by atoms with Gasteiger partial charge in [0, 0.05) is 13.1 Å². The molecule has 28 heavy (non-hydrogen) atoms. The van der Waals surface area contributed by atoms with Crippen LogP contribution in [0.3, 0.4) is 0 Å². The van der Waals surface area contributed by atoms with E-state index in [0.29, 0.717) is 19.5 Å². The summed E-state index contributed by atoms with van der Waals surface area (Å²) in [5, 5.41) is 2.86. The summed E-state index contributed by atoms with van der Waals surface area (Å²) < 4.78 is 5.30. The van der Waals surface area contributed by atoms with E-state index < -0.39 is 6.04 Å². The van der Waals surface area contributed by atoms with E-state index in [9.17, 15) is 9.59 Å². The molecule has 2 aromatic rings. The van der Waals surface area contributed by atoms with Gasteiger partial charge >= 0.3 is 0 Å². The second-order valence-corrected chi connectivity index (χ2v) is 6.80. The molecule has 0 aliphatic carbocycles. The third-order valence-electron chi connectivity index (χ3n) is 4.83. The van der Waals surface area contributed by atoms with Gasteiger partial charge in [0.2, 0.25) is 11.8 Å². The number of ether oxygens (including phenoxy) is 1. The summed E-state index contributed by atoms with van der Waals surface area (Å²) >= 11 is 0. The number of nitrogens with zero attached hydrogens (tertiary/aromatic N) is 1. The summed E-state index contributed by atoms with van der Waals surface area (Å²) in [6.07, 6.45) is 0.821. The van der Waals surface area contributed by atoms with Crippen molar-refractivity contribution in [2.45, 2.75) is 46.2 Å². The maximum atomic E-state index is 13.2. The Morgan fingerprint density at radius 1 is 1.11 bits per heavy atom. The molecule has 0 radical (unpaired) electrons. The predicted octanol–water partition coefficient (Wildman–Crippen LogP) is 3.49. The van der Waals surface area contributed by atoms with Crippen molar-refractivity contribution in [3.8, 4) is 5.75 Å². The maximum Gasteiger partial charge on any atom is 0.242 e. The van der Waals surface area contributed by atoms with E-state index in [-0.39, 0.29) is 18.2 Å². The van der Waals surface area contributed by atoms with Crippen LogP contribution in [-0.4, -0.2) is 36.4 Å². The van der Waals surface area contributed by atoms with Crippen molar-refractivity contribution >= 4 is 11.8 Å². The van der Waals surface area contributed by atoms with Crippen LogP contribution in [0.2, 0.25) is 0 Å². The first-order valence-corrected chi connectivity index (χ1v) is 9.74. The van der Waals surface area contributed by atoms with Gasteiger partial charge in [0.15, 0.2) is 0 Å². The molecule has 0 saturated carbocycles. The molecule has 2 rings (SSSR count). The van der Waals surface area contributed by atoms with Crippen molar-refractivity contribution in [1.82, 2.24) is 10.2 Å². The first-order chi connectivity index (χ1) is 13.5. The summed E-state index contributed by atoms with van der Waals surface area (Å²) in [6, 6.07) is 14.9. The Bertz CT molecular complexity index is 804. The summed E-state index contributed by atoms with van der Waals surface area (Å²) in [5.74, 6) is 0.552. The van der Waals surface area contributed by atoms with Gasteiger partial charge in [0.05, 0.1) is 13.5 Å². The molecule has 2 amide bonds. The number of likely N-dealkylation sites (N-methyl/N-ethyl adjacent to an activating group) is 1. The first-order valence-electron chi connectivity index (χ1n) is 9.74. The molecule has 1 N–H and O–H groups in total. The van der Waals surface area contributed by atoms with Gasteiger partial charge in [-0.05, 0) is 49.1 Å². The van der Waals surface area contributed by atoms with E-state index in [2.05, 4.69) is 5.32 Å². The number of amides is 2. The van der Waals surface area contributed by atoms with Gasteiger partial charge in [0.1, 0.15) is 11.8 Å². The fraction of sp³-hybridized carbons (Fsp3) is 0.391. The molecule has 0 heterocycles. The maximum absolute atomic E-state index is 13.2. The second kappa shape index (κ2) is 10.5. The number of nitrogens with one attached hydrogen (secondary N) is 1. The standard InChI is InChI=1S/C23H30N2O3/c1-5-21(23(27)24-6-2)25(16-18-11-9-13-20(14-18)28-4)22(26)15-19-12-8-7-10-17(19)3/h7-14,21H,5-6,15-16H2,1-4H3,(H,24,27)/t21-/m0/s1. The highest BCUT2D eigenvalue weighted by atomic mass is 16.5. The van der Waals surface area contributed by atoms with Gasteiger partial charge in [0.25, 0.3) is 0 Å². The van der Waals surface area contributed by atoms with Gasteiger partial charge in [-0.15, -0.1) is 0 Å². The van der Waals surface area contributed by atoms with Crippen LogP contribution in [0, 0.1) is 6.92 Å². The number of benzene rings is 2. The van der Waals surface area contributed by atoms with Crippen LogP contribution in [0.4, 0.5) is 0 Å². The highest BCUT2D eigenvalue weighted by Crippen LogP contribution is 2.19. The Balaban J connectivity index is 2.32. The van der Waals surface area contributed by atoms with Crippen molar-refractivity contribution in [2.75, 3.05) is 13.7 Å². The molecule has 1 atom stereocenters. The SMILES string of the molecule is CCNC(=O)[C@H](CC)N(Cc1cccc(OC)c1)C(=O)Cc1ccccc1C. The molecule has 2 aromatic carbocycles. The summed E-state index contributed by atoms with van der Waals surface area (Å²) in [4.78, 5) is 27.6. The molecular formula is C23H30N2O3. The molecule has 0 unspecified atom stereocenters. The minimum atomic E-state index is -0.511. The second-order valence-electron chi connectivity index (χ2n) is 6.80. The molecule has 150 valence electrons. The lowest BCUT2D eigenvalue weighted by atomic mass is 10.0. The largest absolute Gasteiger partial charge is 0.497 e. The smallest absolute Gasteiger partial charge is 0.242 e. The number of hydrogen-bond acceptors (Lipinski definition) is 3. The van der Waals surface area contributed by atoms with Crippen LogP contribution >= 0.6 is 0 Å². The molecular weight excluding hydrogens is 352 g/mol. The number of carbonyl (C=O) groups excluding carboxylic acids is 2. The first kappa shape index (κ1) is 21.5. The highest BCUT2D eigenvalue weighted by molar-refractivity contribution is 5.88. The lowest BCUT2D eigenvalue weighted by Crippen LogP contribution is -2.49. The molecule has 0 aliphatic rings. The number of methoxy groups -OCH3 is 1. The van der Waals surface area contributed by atoms with E-state index in [1.807, 2.05) is 69.3 Å². The van der Waals surface area contributed by atoms with Crippen molar-refractivity contribution in [2.24, 2.45) is 0 Å². The average Bonchev–Trinajstić information content (AvgIpc) is 2.70. The van der Waals surface area contributed by atoms with E-state index in [4.69, 9.17) is 4.74 Å². The monoisotopic (exact) mass is 382 g/mol. The zero-order chi connectivity index (χ0) is 20.5. The summed E-state index contributed by atoms with van der Waals surface area (Å²) in [5.41, 5.74) is 2.98. The molecule has 0 fully saturated rings. The zero-order valence-electron chi connectivity index (χ0n) is 17.2. The van der Waals surface area contributed by atoms with Gasteiger partial charge in [-0.3, -0.25) is 9.59 Å². The van der Waals surface area contributed by atoms with Crippen molar-refractivity contribution in [3.63, 3.8) is 0 Å². The minimum absolute atomic E-state index is 0.0600. The third kappa shape index (κ3) is 5.59. The van der Waals surface area contributed by atoms with Gasteiger partial charge in [-0.1, -0.05) is 43.3 Å². The Hall–Kier alpha value is -2.82. The summed E-state index contributed by atoms with van der Waals surface area (Å²) in [6.45, 7) is 6.70. The Morgan fingerprint density at radius 2 is 1.86 bits per heavy atom. The third-order valence-corrected chi connectivity index (χ3v) is 4.83. The topological polar surface area (TPSA) is 58.6 Å². The fourth-order valence-corrected chi connectivity index (χ4v) is 3.25. The van der Waals surface area contributed by atoms with E-state index in [1.54, 1.807) is 12.0 Å². The van der Waals surface area contributed by atoms with Crippen LogP contribution in [0.15, 0.2) is 48.5 Å². The van der Waals surface area contributed by atoms with Crippen LogP contribution in [0.5, 0.6) is 5.75 Å². The Labute approximate surface area is 167 Å². The Kier molecular flexibility index (Phi) is 8.05. The van der Waals surface area contributed by atoms with Gasteiger partial charge < -0.3 is 15.0 Å². The summed E-state index contributed by atoms with van der Waals surface area (Å²) in [7, 11) is 1.61. The van der Waals surface area contributed by atoms with Crippen molar-refractivity contribution < 1.29 is 14.3 Å². The number of aryl methyl sites for hydroxylation is 1. The molecule has 5 heteroatoms. The molecule has 0 bridgehead atoms. The van der Waals surface area contributed by atoms with Gasteiger partial charge in [-0.25, -0.2) is 0 Å². The average molecular weight is 383 g/mol.